The number of carbonyl (C=O) groups is 8. The number of halogens is 1. The van der Waals surface area contributed by atoms with Gasteiger partial charge in [-0.05, 0) is 221 Å². The molecule has 0 bridgehead atoms. The Morgan fingerprint density at radius 2 is 0.777 bits per heavy atom. The van der Waals surface area contributed by atoms with Crippen LogP contribution in [0.4, 0.5) is 0 Å². The number of alkyl halides is 1. The fourth-order valence-corrected chi connectivity index (χ4v) is 12.1. The number of rotatable bonds is 20. The molecule has 13 rings (SSSR count). The minimum atomic E-state index is -0.981. The van der Waals surface area contributed by atoms with E-state index in [0.717, 1.165) is 57.5 Å². The number of ketones is 4. The van der Waals surface area contributed by atoms with Crippen molar-refractivity contribution in [2.45, 2.75) is 159 Å². The summed E-state index contributed by atoms with van der Waals surface area (Å²) in [6, 6.07) is 57.3. The molecule has 2 aliphatic carbocycles. The van der Waals surface area contributed by atoms with Crippen molar-refractivity contribution in [3.05, 3.63) is 268 Å². The van der Waals surface area contributed by atoms with Crippen molar-refractivity contribution in [3.8, 4) is 28.7 Å². The van der Waals surface area contributed by atoms with Crippen molar-refractivity contribution in [2.24, 2.45) is 0 Å². The maximum Gasteiger partial charge on any atom is 0.326 e. The van der Waals surface area contributed by atoms with E-state index < -0.39 is 17.2 Å². The number of aliphatic carboxylic acids is 1. The van der Waals surface area contributed by atoms with Crippen molar-refractivity contribution >= 4 is 107 Å². The summed E-state index contributed by atoms with van der Waals surface area (Å²) < 4.78 is 38.0. The van der Waals surface area contributed by atoms with Gasteiger partial charge in [0.2, 0.25) is 0 Å². The summed E-state index contributed by atoms with van der Waals surface area (Å²) in [6.45, 7) is 23.9. The topological polar surface area (TPSA) is 267 Å². The molecule has 0 amide bonds. The van der Waals surface area contributed by atoms with Gasteiger partial charge in [-0.1, -0.05) is 137 Å². The molecule has 3 N–H and O–H groups in total. The number of aromatic hydroxyl groups is 2. The number of phenolic OH excluding ortho intramolecular Hbond substituents is 2. The van der Waals surface area contributed by atoms with Gasteiger partial charge in [0, 0.05) is 73.6 Å². The van der Waals surface area contributed by atoms with E-state index in [4.69, 9.17) is 33.5 Å². The first-order valence-corrected chi connectivity index (χ1v) is 37.5. The maximum atomic E-state index is 12.2. The second kappa shape index (κ2) is 39.0. The largest absolute Gasteiger partial charge is 0.508 e. The summed E-state index contributed by atoms with van der Waals surface area (Å²) in [5.41, 5.74) is 11.2. The normalized spacial score (nSPS) is 11.7. The molecule has 20 nitrogen and oxygen atoms in total. The van der Waals surface area contributed by atoms with Crippen LogP contribution in [0.2, 0.25) is 0 Å². The zero-order valence-corrected chi connectivity index (χ0v) is 67.0. The Kier molecular flexibility index (Phi) is 29.8. The Hall–Kier alpha value is -12.1. The van der Waals surface area contributed by atoms with Crippen LogP contribution in [0.3, 0.4) is 0 Å². The molecule has 0 saturated heterocycles. The lowest BCUT2D eigenvalue weighted by Crippen LogP contribution is -2.26. The van der Waals surface area contributed by atoms with Crippen LogP contribution in [-0.4, -0.2) is 98.2 Å². The molecule has 112 heavy (non-hydrogen) atoms. The third-order valence-corrected chi connectivity index (χ3v) is 17.2. The molecule has 2 aliphatic rings. The molecule has 8 aromatic carbocycles. The van der Waals surface area contributed by atoms with Crippen molar-refractivity contribution < 1.29 is 82.1 Å². The standard InChI is InChI=1S/C23H25NO4.C18H16O2.C16H19NO4.C16H14O.C12H11NO4.C6H11BrO2/c1-16(25)20-13-24(14-22(26)28-23(2,3)4)21-11-10-18(12-19(20)21)27-15-17-8-6-5-7-9-17;1-13(19)17-10-8-15-7-9-16(11-18(15)17)20-12-14-5-3-2-4-6-14;1-10(18)13-8-17(9-15(20)21-16(2,3)4)14-6-5-11(19)7-12(13)14;1-2-5-13(6-3-1)12-17-16-10-9-14-7-4-8-15(14)11-16;1-7(14)10-5-13(6-12(16)17)11-3-2-8(15)4-9(10)11;1-6(2,3)9-5(8)4-7/h5-13H,14-15H2,1-4H3;2-7,9-11H,8,12H2,1H3;5-8,19H,9H2,1-4H3;1-6,8-11H,7,12H2;2-5,15H,6H2,1H3,(H,16,17);4H2,1-3H3. The van der Waals surface area contributed by atoms with Crippen LogP contribution >= 0.6 is 15.9 Å². The minimum absolute atomic E-state index is 0.0197. The van der Waals surface area contributed by atoms with E-state index in [1.807, 2.05) is 163 Å². The Morgan fingerprint density at radius 1 is 0.411 bits per heavy atom. The van der Waals surface area contributed by atoms with Gasteiger partial charge in [-0.25, -0.2) is 0 Å². The zero-order valence-electron chi connectivity index (χ0n) is 65.4. The highest BCUT2D eigenvalue weighted by Crippen LogP contribution is 2.34. The summed E-state index contributed by atoms with van der Waals surface area (Å²) >= 11 is 2.99. The van der Waals surface area contributed by atoms with E-state index in [2.05, 4.69) is 58.4 Å². The van der Waals surface area contributed by atoms with Gasteiger partial charge in [-0.3, -0.25) is 38.4 Å². The van der Waals surface area contributed by atoms with E-state index in [1.54, 1.807) is 61.4 Å². The molecule has 0 saturated carbocycles. The smallest absolute Gasteiger partial charge is 0.326 e. The van der Waals surface area contributed by atoms with Crippen molar-refractivity contribution in [1.29, 1.82) is 0 Å². The number of benzene rings is 8. The molecule has 0 spiro atoms. The van der Waals surface area contributed by atoms with Crippen LogP contribution in [0, 0.1) is 0 Å². The lowest BCUT2D eigenvalue weighted by molar-refractivity contribution is -0.156. The Labute approximate surface area is 660 Å². The fraction of sp³-hybridized carbons (Fsp3) is 0.275. The Balaban J connectivity index is 0.000000173. The molecule has 0 aliphatic heterocycles. The first-order valence-electron chi connectivity index (χ1n) is 36.4. The number of phenols is 2. The van der Waals surface area contributed by atoms with Crippen LogP contribution < -0.4 is 14.2 Å². The van der Waals surface area contributed by atoms with Crippen LogP contribution in [-0.2, 0) is 90.5 Å². The third-order valence-electron chi connectivity index (χ3n) is 16.8. The van der Waals surface area contributed by atoms with Crippen LogP contribution in [0.5, 0.6) is 28.7 Å². The molecule has 11 aromatic rings. The van der Waals surface area contributed by atoms with Crippen molar-refractivity contribution in [1.82, 2.24) is 13.7 Å². The van der Waals surface area contributed by atoms with Gasteiger partial charge in [0.15, 0.2) is 23.1 Å². The maximum absolute atomic E-state index is 12.2. The Morgan fingerprint density at radius 3 is 1.16 bits per heavy atom. The first-order chi connectivity index (χ1) is 53.0. The SMILES string of the molecule is C1=Cc2cc(OCc3ccccc3)ccc2C1.CC(=O)C1=CCc2ccc(OCc3ccccc3)cc21.CC(=O)c1cn(CC(=O)O)c2ccc(O)cc12.CC(=O)c1cn(CC(=O)OC(C)(C)C)c2ccc(O)cc12.CC(=O)c1cn(CC(=O)OC(C)(C)C)c2ccc(OCc3ccccc3)cc12.CC(C)(C)OC(=O)CBr. The lowest BCUT2D eigenvalue weighted by Gasteiger charge is -2.19. The third kappa shape index (κ3) is 26.0. The monoisotopic (exact) mass is 1580 g/mol. The van der Waals surface area contributed by atoms with Gasteiger partial charge in [0.05, 0.1) is 0 Å². The van der Waals surface area contributed by atoms with E-state index in [-0.39, 0.29) is 83.1 Å². The van der Waals surface area contributed by atoms with Crippen LogP contribution in [0.1, 0.15) is 160 Å². The first kappa shape index (κ1) is 85.5. The van der Waals surface area contributed by atoms with Gasteiger partial charge >= 0.3 is 23.9 Å². The van der Waals surface area contributed by atoms with Gasteiger partial charge in [0.25, 0.3) is 0 Å². The van der Waals surface area contributed by atoms with E-state index in [1.165, 1.54) is 78.1 Å². The highest BCUT2D eigenvalue weighted by Gasteiger charge is 2.24. The molecule has 0 fully saturated rings. The zero-order chi connectivity index (χ0) is 81.6. The number of hydrogen-bond donors (Lipinski definition) is 3. The number of allylic oxidation sites excluding steroid dienone is 3. The molecule has 3 aromatic heterocycles. The fourth-order valence-electron chi connectivity index (χ4n) is 12.0. The van der Waals surface area contributed by atoms with Gasteiger partial charge in [-0.2, -0.15) is 0 Å². The summed E-state index contributed by atoms with van der Waals surface area (Å²) in [6.07, 6.45) is 13.1. The molecule has 3 heterocycles. The van der Waals surface area contributed by atoms with Crippen molar-refractivity contribution in [3.63, 3.8) is 0 Å². The molecular formula is C91H96BrN3O17. The molecule has 584 valence electrons. The predicted molar refractivity (Wildman–Crippen MR) is 438 cm³/mol. The van der Waals surface area contributed by atoms with Crippen LogP contribution in [0.15, 0.2) is 213 Å². The average molecular weight is 1580 g/mol. The number of nitrogens with zero attached hydrogens (tertiary/aromatic N) is 3. The quantitative estimate of drug-likeness (QED) is 0.0277. The van der Waals surface area contributed by atoms with Gasteiger partial charge in [0.1, 0.15) is 90.3 Å². The summed E-state index contributed by atoms with van der Waals surface area (Å²) in [7, 11) is 0. The highest BCUT2D eigenvalue weighted by atomic mass is 79.9. The molecular weight excluding hydrogens is 1490 g/mol. The lowest BCUT2D eigenvalue weighted by atomic mass is 10.0. The predicted octanol–water partition coefficient (Wildman–Crippen LogP) is 18.6. The van der Waals surface area contributed by atoms with Gasteiger partial charge < -0.3 is 57.4 Å². The molecule has 0 unspecified atom stereocenters. The average Bonchev–Trinajstić information content (AvgIpc) is 1.65. The summed E-state index contributed by atoms with van der Waals surface area (Å²) in [4.78, 5) is 92.2. The minimum Gasteiger partial charge on any atom is -0.508 e. The van der Waals surface area contributed by atoms with Crippen molar-refractivity contribution in [2.75, 3.05) is 5.33 Å². The number of aromatic nitrogens is 3. The number of carbonyl (C=O) groups excluding carboxylic acids is 7. The molecule has 21 heteroatoms. The number of fused-ring (bicyclic) bond motifs is 5. The number of Topliss-reactive ketones (excluding diaryl/α,β-unsaturated/α-hetero) is 4. The highest BCUT2D eigenvalue weighted by molar-refractivity contribution is 9.09. The second-order valence-corrected chi connectivity index (χ2v) is 30.1. The van der Waals surface area contributed by atoms with E-state index in [9.17, 15) is 48.6 Å². The Bertz CT molecular complexity index is 5240. The molecule has 0 atom stereocenters. The molecule has 0 radical (unpaired) electrons. The number of esters is 3. The number of carboxylic acids is 1. The van der Waals surface area contributed by atoms with Crippen LogP contribution in [0.25, 0.3) is 44.4 Å². The summed E-state index contributed by atoms with van der Waals surface area (Å²) in [5.74, 6) is 0.414. The van der Waals surface area contributed by atoms with E-state index in [0.29, 0.717) is 64.1 Å². The van der Waals surface area contributed by atoms with Gasteiger partial charge in [-0.15, -0.1) is 0 Å². The summed E-state index contributed by atoms with van der Waals surface area (Å²) in [5, 5.41) is 30.0. The second-order valence-electron chi connectivity index (χ2n) is 29.5. The number of carboxylic acid groups (broad SMARTS) is 1. The number of hydrogen-bond acceptors (Lipinski definition) is 16. The van der Waals surface area contributed by atoms with E-state index >= 15 is 0 Å². The number of ether oxygens (including phenoxy) is 6.